The van der Waals surface area contributed by atoms with E-state index >= 15 is 0 Å². The minimum absolute atomic E-state index is 0. The van der Waals surface area contributed by atoms with Crippen LogP contribution in [0, 0.1) is 12.8 Å². The maximum Gasteiger partial charge on any atom is 0.191 e. The summed E-state index contributed by atoms with van der Waals surface area (Å²) in [5.74, 6) is 1.48. The second kappa shape index (κ2) is 12.7. The number of nitrogens with one attached hydrogen (secondary N) is 2. The van der Waals surface area contributed by atoms with E-state index in [2.05, 4.69) is 46.8 Å². The Balaban J connectivity index is 0.00000300. The summed E-state index contributed by atoms with van der Waals surface area (Å²) in [6.07, 6.45) is 7.24. The number of nitrogens with zero attached hydrogens (tertiary/aromatic N) is 1. The summed E-state index contributed by atoms with van der Waals surface area (Å²) >= 11 is 0. The predicted octanol–water partition coefficient (Wildman–Crippen LogP) is 4.03. The lowest BCUT2D eigenvalue weighted by Crippen LogP contribution is -2.45. The zero-order valence-electron chi connectivity index (χ0n) is 18.0. The molecule has 2 N–H and O–H groups in total. The molecule has 1 saturated heterocycles. The van der Waals surface area contributed by atoms with Gasteiger partial charge in [0.15, 0.2) is 5.96 Å². The Kier molecular flexibility index (Phi) is 10.7. The van der Waals surface area contributed by atoms with Crippen LogP contribution in [0.5, 0.6) is 0 Å². The molecular weight excluding hydrogens is 477 g/mol. The first kappa shape index (κ1) is 24.4. The normalized spacial score (nSPS) is 21.0. The van der Waals surface area contributed by atoms with Crippen molar-refractivity contribution in [2.24, 2.45) is 10.9 Å². The molecule has 0 amide bonds. The lowest BCUT2D eigenvalue weighted by atomic mass is 9.78. The van der Waals surface area contributed by atoms with Crippen molar-refractivity contribution >= 4 is 29.9 Å². The van der Waals surface area contributed by atoms with E-state index in [0.29, 0.717) is 5.92 Å². The fourth-order valence-electron chi connectivity index (χ4n) is 4.41. The highest BCUT2D eigenvalue weighted by molar-refractivity contribution is 14.0. The first-order valence-corrected chi connectivity index (χ1v) is 10.9. The van der Waals surface area contributed by atoms with Crippen molar-refractivity contribution in [1.29, 1.82) is 0 Å². The van der Waals surface area contributed by atoms with Gasteiger partial charge in [0.25, 0.3) is 0 Å². The van der Waals surface area contributed by atoms with Gasteiger partial charge in [0.1, 0.15) is 0 Å². The van der Waals surface area contributed by atoms with Crippen LogP contribution >= 0.6 is 24.0 Å². The van der Waals surface area contributed by atoms with Gasteiger partial charge in [0.05, 0.1) is 13.2 Å². The average Bonchev–Trinajstić information content (AvgIpc) is 3.39. The number of guanidine groups is 1. The number of ether oxygens (including phenoxy) is 2. The molecule has 0 radical (unpaired) electrons. The van der Waals surface area contributed by atoms with Crippen molar-refractivity contribution in [1.82, 2.24) is 10.6 Å². The number of benzene rings is 1. The molecule has 1 saturated carbocycles. The molecule has 6 heteroatoms. The van der Waals surface area contributed by atoms with E-state index in [4.69, 9.17) is 9.47 Å². The van der Waals surface area contributed by atoms with Crippen LogP contribution in [-0.2, 0) is 14.9 Å². The van der Waals surface area contributed by atoms with Gasteiger partial charge in [-0.3, -0.25) is 4.99 Å². The van der Waals surface area contributed by atoms with Crippen LogP contribution in [0.4, 0.5) is 0 Å². The van der Waals surface area contributed by atoms with Crippen LogP contribution in [0.1, 0.15) is 49.7 Å². The molecule has 164 valence electrons. The lowest BCUT2D eigenvalue weighted by Gasteiger charge is -2.31. The number of rotatable bonds is 9. The van der Waals surface area contributed by atoms with Crippen LogP contribution in [0.2, 0.25) is 0 Å². The molecule has 29 heavy (non-hydrogen) atoms. The molecule has 1 atom stereocenters. The highest BCUT2D eigenvalue weighted by Gasteiger charge is 2.35. The van der Waals surface area contributed by atoms with Crippen molar-refractivity contribution in [3.63, 3.8) is 0 Å². The summed E-state index contributed by atoms with van der Waals surface area (Å²) in [6, 6.07) is 9.02. The summed E-state index contributed by atoms with van der Waals surface area (Å²) in [6.45, 7) is 7.35. The standard InChI is InChI=1S/C23H37N3O2.HI/c1-19-7-5-8-21(15-19)23(10-3-4-11-23)18-26-22(24-2)25-12-6-13-27-16-20-9-14-28-17-20;/h5,7-8,15,20H,3-4,6,9-14,16-18H2,1-2H3,(H2,24,25,26);1H. The Labute approximate surface area is 193 Å². The van der Waals surface area contributed by atoms with Crippen molar-refractivity contribution in [2.45, 2.75) is 50.9 Å². The third-order valence-corrected chi connectivity index (χ3v) is 6.14. The molecule has 2 aliphatic rings. The SMILES string of the molecule is CN=C(NCCCOCC1CCOC1)NCC1(c2cccc(C)c2)CCCC1.I. The first-order valence-electron chi connectivity index (χ1n) is 10.9. The third kappa shape index (κ3) is 7.40. The summed E-state index contributed by atoms with van der Waals surface area (Å²) in [5, 5.41) is 7.02. The number of aryl methyl sites for hydroxylation is 1. The largest absolute Gasteiger partial charge is 0.381 e. The topological polar surface area (TPSA) is 54.9 Å². The highest BCUT2D eigenvalue weighted by Crippen LogP contribution is 2.40. The van der Waals surface area contributed by atoms with E-state index < -0.39 is 0 Å². The number of hydrogen-bond donors (Lipinski definition) is 2. The Morgan fingerprint density at radius 2 is 2.10 bits per heavy atom. The maximum atomic E-state index is 5.78. The number of hydrogen-bond acceptors (Lipinski definition) is 3. The summed E-state index contributed by atoms with van der Waals surface area (Å²) in [5.41, 5.74) is 3.04. The molecule has 0 spiro atoms. The van der Waals surface area contributed by atoms with Crippen LogP contribution in [-0.4, -0.2) is 52.5 Å². The molecule has 3 rings (SSSR count). The van der Waals surface area contributed by atoms with Gasteiger partial charge < -0.3 is 20.1 Å². The monoisotopic (exact) mass is 515 g/mol. The van der Waals surface area contributed by atoms with E-state index in [-0.39, 0.29) is 29.4 Å². The van der Waals surface area contributed by atoms with Crippen LogP contribution in [0.25, 0.3) is 0 Å². The molecule has 1 unspecified atom stereocenters. The Bertz CT molecular complexity index is 626. The third-order valence-electron chi connectivity index (χ3n) is 6.14. The van der Waals surface area contributed by atoms with Crippen LogP contribution < -0.4 is 10.6 Å². The minimum atomic E-state index is 0. The van der Waals surface area contributed by atoms with Gasteiger partial charge in [0, 0.05) is 44.7 Å². The molecule has 5 nitrogen and oxygen atoms in total. The van der Waals surface area contributed by atoms with E-state index in [9.17, 15) is 0 Å². The Morgan fingerprint density at radius 3 is 2.79 bits per heavy atom. The van der Waals surface area contributed by atoms with Gasteiger partial charge >= 0.3 is 0 Å². The van der Waals surface area contributed by atoms with Gasteiger partial charge in [-0.2, -0.15) is 0 Å². The number of halogens is 1. The van der Waals surface area contributed by atoms with E-state index in [1.807, 2.05) is 7.05 Å². The molecule has 1 aromatic rings. The summed E-state index contributed by atoms with van der Waals surface area (Å²) < 4.78 is 11.2. The van der Waals surface area contributed by atoms with Crippen molar-refractivity contribution in [2.75, 3.05) is 46.6 Å². The fraction of sp³-hybridized carbons (Fsp3) is 0.696. The smallest absolute Gasteiger partial charge is 0.191 e. The zero-order valence-corrected chi connectivity index (χ0v) is 20.4. The zero-order chi connectivity index (χ0) is 19.7. The number of aliphatic imine (C=N–C) groups is 1. The van der Waals surface area contributed by atoms with Crippen LogP contribution in [0.3, 0.4) is 0 Å². The van der Waals surface area contributed by atoms with Gasteiger partial charge in [-0.25, -0.2) is 0 Å². The second-order valence-corrected chi connectivity index (χ2v) is 8.37. The molecule has 1 aliphatic heterocycles. The quantitative estimate of drug-likeness (QED) is 0.226. The summed E-state index contributed by atoms with van der Waals surface area (Å²) in [7, 11) is 1.85. The molecule has 2 fully saturated rings. The average molecular weight is 515 g/mol. The molecule has 1 aliphatic carbocycles. The van der Waals surface area contributed by atoms with Gasteiger partial charge in [0.2, 0.25) is 0 Å². The second-order valence-electron chi connectivity index (χ2n) is 8.37. The molecule has 1 heterocycles. The fourth-order valence-corrected chi connectivity index (χ4v) is 4.41. The minimum Gasteiger partial charge on any atom is -0.381 e. The molecule has 1 aromatic carbocycles. The Hall–Kier alpha value is -0.860. The van der Waals surface area contributed by atoms with Crippen molar-refractivity contribution in [3.05, 3.63) is 35.4 Å². The van der Waals surface area contributed by atoms with Crippen molar-refractivity contribution < 1.29 is 9.47 Å². The highest BCUT2D eigenvalue weighted by atomic mass is 127. The van der Waals surface area contributed by atoms with E-state index in [1.165, 1.54) is 36.8 Å². The Morgan fingerprint density at radius 1 is 1.28 bits per heavy atom. The van der Waals surface area contributed by atoms with Crippen molar-refractivity contribution in [3.8, 4) is 0 Å². The van der Waals surface area contributed by atoms with E-state index in [0.717, 1.165) is 58.3 Å². The van der Waals surface area contributed by atoms with E-state index in [1.54, 1.807) is 0 Å². The maximum absolute atomic E-state index is 5.78. The molecular formula is C23H38IN3O2. The van der Waals surface area contributed by atoms with Gasteiger partial charge in [-0.1, -0.05) is 42.7 Å². The summed E-state index contributed by atoms with van der Waals surface area (Å²) in [4.78, 5) is 4.41. The van der Waals surface area contributed by atoms with Crippen LogP contribution in [0.15, 0.2) is 29.3 Å². The lowest BCUT2D eigenvalue weighted by molar-refractivity contribution is 0.0888. The predicted molar refractivity (Wildman–Crippen MR) is 130 cm³/mol. The molecule has 0 bridgehead atoms. The van der Waals surface area contributed by atoms with Gasteiger partial charge in [-0.15, -0.1) is 24.0 Å². The van der Waals surface area contributed by atoms with Gasteiger partial charge in [-0.05, 0) is 38.2 Å². The molecule has 0 aromatic heterocycles. The first-order chi connectivity index (χ1) is 13.7.